The van der Waals surface area contributed by atoms with E-state index in [0.29, 0.717) is 0 Å². The van der Waals surface area contributed by atoms with Crippen LogP contribution in [0.5, 0.6) is 0 Å². The summed E-state index contributed by atoms with van der Waals surface area (Å²) in [6.45, 7) is 0. The minimum atomic E-state index is 0. The predicted octanol–water partition coefficient (Wildman–Crippen LogP) is -1.52. The molecule has 0 aliphatic carbocycles. The zero-order valence-electron chi connectivity index (χ0n) is 1.76. The summed E-state index contributed by atoms with van der Waals surface area (Å²) in [5.41, 5.74) is 0. The molecule has 0 aromatic rings. The molecule has 0 fully saturated rings. The van der Waals surface area contributed by atoms with E-state index in [9.17, 15) is 0 Å². The fraction of sp³-hybridized carbons (Fsp3) is 0. The summed E-state index contributed by atoms with van der Waals surface area (Å²) in [6, 6.07) is 0. The van der Waals surface area contributed by atoms with Crippen molar-refractivity contribution in [3.8, 4) is 0 Å². The standard InChI is InChI=1S/As.Ge.Se.Te. The van der Waals surface area contributed by atoms with Crippen LogP contribution in [0, 0.1) is 0 Å². The van der Waals surface area contributed by atoms with Crippen LogP contribution in [0.25, 0.3) is 0 Å². The van der Waals surface area contributed by atoms with Crippen molar-refractivity contribution in [2.24, 2.45) is 0 Å². The van der Waals surface area contributed by atoms with Crippen molar-refractivity contribution >= 4 is 76.3 Å². The summed E-state index contributed by atoms with van der Waals surface area (Å²) >= 11 is 0. The number of hydrogen-bond acceptors (Lipinski definition) is 0. The van der Waals surface area contributed by atoms with Crippen molar-refractivity contribution in [2.45, 2.75) is 0 Å². The largest absolute Gasteiger partial charge is 0 e. The van der Waals surface area contributed by atoms with Crippen LogP contribution in [0.3, 0.4) is 0 Å². The van der Waals surface area contributed by atoms with Crippen molar-refractivity contribution in [3.05, 3.63) is 0 Å². The Labute approximate surface area is 75.3 Å². The van der Waals surface area contributed by atoms with Crippen molar-refractivity contribution in [1.29, 1.82) is 0 Å². The first-order valence-corrected chi connectivity index (χ1v) is 0. The Hall–Kier alpha value is 2.41. The Bertz CT molecular complexity index is 8.00. The normalized spacial score (nSPS) is 0. The molecule has 21 valence electrons. The first-order chi connectivity index (χ1) is 0. The Morgan fingerprint density at radius 1 is 1.00 bits per heavy atom. The fourth-order valence-electron chi connectivity index (χ4n) is 0. The maximum atomic E-state index is 0. The fourth-order valence-corrected chi connectivity index (χ4v) is 0. The van der Waals surface area contributed by atoms with Gasteiger partial charge in [0.1, 0.15) is 0 Å². The molecule has 0 aliphatic heterocycles. The van der Waals surface area contributed by atoms with E-state index in [1.54, 1.807) is 0 Å². The molecule has 0 spiro atoms. The zero-order valence-corrected chi connectivity index (χ0v) is 9.78. The van der Waals surface area contributed by atoms with E-state index in [0.717, 1.165) is 0 Å². The SMILES string of the molecule is [As].[Ge].[Se].[Te]. The second-order valence-electron chi connectivity index (χ2n) is 0. The molecule has 4 heteroatoms. The van der Waals surface area contributed by atoms with Crippen LogP contribution in [0.1, 0.15) is 0 Å². The summed E-state index contributed by atoms with van der Waals surface area (Å²) in [6.07, 6.45) is 0. The van der Waals surface area contributed by atoms with Crippen molar-refractivity contribution in [1.82, 2.24) is 0 Å². The van der Waals surface area contributed by atoms with E-state index in [-0.39, 0.29) is 76.3 Å². The Balaban J connectivity index is 0. The molecule has 0 atom stereocenters. The van der Waals surface area contributed by atoms with Crippen LogP contribution in [0.4, 0.5) is 0 Å². The first kappa shape index (κ1) is 32.3. The molecule has 0 saturated heterocycles. The molecule has 0 nitrogen and oxygen atoms in total. The molecule has 0 aromatic heterocycles. The van der Waals surface area contributed by atoms with E-state index in [4.69, 9.17) is 0 Å². The predicted molar refractivity (Wildman–Crippen MR) is 23.0 cm³/mol. The summed E-state index contributed by atoms with van der Waals surface area (Å²) in [4.78, 5) is 0. The first-order valence-electron chi connectivity index (χ1n) is 0. The molecule has 4 heavy (non-hydrogen) atoms. The van der Waals surface area contributed by atoms with Gasteiger partial charge in [-0.1, -0.05) is 0 Å². The van der Waals surface area contributed by atoms with Crippen molar-refractivity contribution in [2.75, 3.05) is 0 Å². The molecule has 0 N–H and O–H groups in total. The zero-order chi connectivity index (χ0) is 0. The molecule has 11 radical (unpaired) electrons. The molecular weight excluding hydrogens is 354 g/mol. The van der Waals surface area contributed by atoms with Crippen LogP contribution in [0.2, 0.25) is 0 Å². The molecule has 0 aromatic carbocycles. The Morgan fingerprint density at radius 3 is 1.00 bits per heavy atom. The number of hydrogen-bond donors (Lipinski definition) is 0. The molecule has 0 bridgehead atoms. The van der Waals surface area contributed by atoms with Gasteiger partial charge in [0.25, 0.3) is 0 Å². The van der Waals surface area contributed by atoms with E-state index in [1.807, 2.05) is 0 Å². The van der Waals surface area contributed by atoms with Crippen molar-refractivity contribution < 1.29 is 0 Å². The summed E-state index contributed by atoms with van der Waals surface area (Å²) in [5, 5.41) is 0. The van der Waals surface area contributed by atoms with E-state index < -0.39 is 0 Å². The third-order valence-corrected chi connectivity index (χ3v) is 0. The van der Waals surface area contributed by atoms with Gasteiger partial charge in [-0.15, -0.1) is 0 Å². The van der Waals surface area contributed by atoms with Gasteiger partial charge in [-0.3, -0.25) is 0 Å². The summed E-state index contributed by atoms with van der Waals surface area (Å²) < 4.78 is 0. The number of rotatable bonds is 0. The van der Waals surface area contributed by atoms with Gasteiger partial charge in [-0.05, 0) is 0 Å². The summed E-state index contributed by atoms with van der Waals surface area (Å²) in [7, 11) is 0. The van der Waals surface area contributed by atoms with E-state index in [1.165, 1.54) is 0 Å². The van der Waals surface area contributed by atoms with Gasteiger partial charge in [-0.25, -0.2) is 0 Å². The molecule has 0 saturated carbocycles. The molecule has 0 aliphatic rings. The monoisotopic (exact) mass is 359 g/mol. The van der Waals surface area contributed by atoms with Crippen LogP contribution >= 0.6 is 0 Å². The van der Waals surface area contributed by atoms with E-state index >= 15 is 0 Å². The van der Waals surface area contributed by atoms with E-state index in [2.05, 4.69) is 0 Å². The van der Waals surface area contributed by atoms with Gasteiger partial charge in [0.05, 0.1) is 0 Å². The average Bonchev–Trinajstić information content (AvgIpc) is 0. The second kappa shape index (κ2) is 18.1. The minimum Gasteiger partial charge on any atom is 0 e. The summed E-state index contributed by atoms with van der Waals surface area (Å²) in [5.74, 6) is 0. The molecule has 0 unspecified atom stereocenters. The van der Waals surface area contributed by atoms with Gasteiger partial charge < -0.3 is 0 Å². The van der Waals surface area contributed by atoms with Gasteiger partial charge in [0.2, 0.25) is 0 Å². The van der Waals surface area contributed by atoms with Gasteiger partial charge in [-0.2, -0.15) is 0 Å². The van der Waals surface area contributed by atoms with Crippen LogP contribution in [-0.4, -0.2) is 76.3 Å². The molecule has 0 amide bonds. The second-order valence-corrected chi connectivity index (χ2v) is 0. The van der Waals surface area contributed by atoms with Crippen LogP contribution in [-0.2, 0) is 0 Å². The van der Waals surface area contributed by atoms with Gasteiger partial charge in [0, 0.05) is 76.3 Å². The van der Waals surface area contributed by atoms with Crippen LogP contribution in [0.15, 0.2) is 0 Å². The maximum absolute atomic E-state index is 0. The molecule has 0 rings (SSSR count). The topological polar surface area (TPSA) is 0 Å². The quantitative estimate of drug-likeness (QED) is 0.464. The molecular formula is AsGeSeTe. The average molecular weight is 354 g/mol. The minimum absolute atomic E-state index is 0. The third-order valence-electron chi connectivity index (χ3n) is 0. The Kier molecular flexibility index (Phi) is 146. The van der Waals surface area contributed by atoms with Gasteiger partial charge in [0.15, 0.2) is 0 Å². The molecule has 0 heterocycles. The maximum Gasteiger partial charge on any atom is 0 e. The Morgan fingerprint density at radius 2 is 1.00 bits per heavy atom. The van der Waals surface area contributed by atoms with Crippen LogP contribution < -0.4 is 0 Å². The third kappa shape index (κ3) is 8.83. The van der Waals surface area contributed by atoms with Crippen molar-refractivity contribution in [3.63, 3.8) is 0 Å². The van der Waals surface area contributed by atoms with Gasteiger partial charge >= 0.3 is 0 Å². The smallest absolute Gasteiger partial charge is 0 e.